The van der Waals surface area contributed by atoms with Gasteiger partial charge in [-0.25, -0.2) is 0 Å². The Balaban J connectivity index is 3.31. The van der Waals surface area contributed by atoms with Crippen LogP contribution in [0.1, 0.15) is 38.1 Å². The van der Waals surface area contributed by atoms with E-state index in [4.69, 9.17) is 13.8 Å². The predicted octanol–water partition coefficient (Wildman–Crippen LogP) is 4.65. The molecule has 6 nitrogen and oxygen atoms in total. The van der Waals surface area contributed by atoms with Crippen molar-refractivity contribution in [2.75, 3.05) is 26.5 Å². The second-order valence-corrected chi connectivity index (χ2v) is 8.78. The lowest BCUT2D eigenvalue weighted by atomic mass is 9.84. The number of pyridine rings is 1. The molecule has 0 spiro atoms. The third-order valence-corrected chi connectivity index (χ3v) is 7.16. The molecule has 0 aliphatic heterocycles. The molecule has 1 N–H and O–H groups in total. The van der Waals surface area contributed by atoms with Crippen LogP contribution >= 0.6 is 23.5 Å². The molecule has 1 heterocycles. The molecule has 2 unspecified atom stereocenters. The molecule has 0 fully saturated rings. The van der Waals surface area contributed by atoms with Crippen LogP contribution in [0.15, 0.2) is 23.3 Å². The lowest BCUT2D eigenvalue weighted by Crippen LogP contribution is -2.29. The number of ether oxygens (including phenoxy) is 1. The van der Waals surface area contributed by atoms with Gasteiger partial charge in [0.2, 0.25) is 0 Å². The molecule has 0 aliphatic rings. The summed E-state index contributed by atoms with van der Waals surface area (Å²) in [5, 5.41) is 11.0. The van der Waals surface area contributed by atoms with Crippen LogP contribution in [0.25, 0.3) is 0 Å². The molecule has 25 heavy (non-hydrogen) atoms. The van der Waals surface area contributed by atoms with Gasteiger partial charge in [0.25, 0.3) is 0 Å². The minimum Gasteiger partial charge on any atom is -0.494 e. The van der Waals surface area contributed by atoms with Crippen molar-refractivity contribution in [1.82, 2.24) is 4.98 Å². The highest BCUT2D eigenvalue weighted by atomic mass is 79.9. The van der Waals surface area contributed by atoms with Crippen molar-refractivity contribution in [3.63, 3.8) is 0 Å². The van der Waals surface area contributed by atoms with E-state index in [-0.39, 0.29) is 19.4 Å². The summed E-state index contributed by atoms with van der Waals surface area (Å²) in [5.74, 6) is 0.470. The second kappa shape index (κ2) is 9.28. The Labute approximate surface area is 158 Å². The number of methoxy groups -OCH3 is 1. The van der Waals surface area contributed by atoms with Crippen molar-refractivity contribution in [2.45, 2.75) is 33.8 Å². The summed E-state index contributed by atoms with van der Waals surface area (Å²) < 4.78 is 29.9. The molecule has 0 radical (unpaired) electrons. The summed E-state index contributed by atoms with van der Waals surface area (Å²) in [6.45, 7) is 11.4. The minimum absolute atomic E-state index is 0.0215. The maximum atomic E-state index is 12.9. The van der Waals surface area contributed by atoms with Crippen LogP contribution < -0.4 is 4.74 Å². The van der Waals surface area contributed by atoms with Gasteiger partial charge < -0.3 is 18.9 Å². The Kier molecular flexibility index (Phi) is 8.29. The number of rotatable bonds is 10. The van der Waals surface area contributed by atoms with Gasteiger partial charge in [0.05, 0.1) is 26.5 Å². The van der Waals surface area contributed by atoms with Gasteiger partial charge in [-0.05, 0) is 36.7 Å². The van der Waals surface area contributed by atoms with Gasteiger partial charge in [-0.1, -0.05) is 13.0 Å². The molecule has 0 bridgehead atoms. The molecule has 2 atom stereocenters. The van der Waals surface area contributed by atoms with Gasteiger partial charge in [0, 0.05) is 21.6 Å². The van der Waals surface area contributed by atoms with Crippen LogP contribution in [0.4, 0.5) is 0 Å². The van der Waals surface area contributed by atoms with Gasteiger partial charge in [-0.2, -0.15) is 0 Å². The summed E-state index contributed by atoms with van der Waals surface area (Å²) in [6.07, 6.45) is 2.04. The van der Waals surface area contributed by atoms with E-state index in [9.17, 15) is 9.67 Å². The third-order valence-electron chi connectivity index (χ3n) is 3.99. The van der Waals surface area contributed by atoms with Gasteiger partial charge in [0.1, 0.15) is 17.5 Å². The average Bonchev–Trinajstić information content (AvgIpc) is 2.56. The van der Waals surface area contributed by atoms with Crippen molar-refractivity contribution in [2.24, 2.45) is 5.41 Å². The number of aromatic nitrogens is 1. The zero-order valence-electron chi connectivity index (χ0n) is 15.4. The Morgan fingerprint density at radius 3 is 2.44 bits per heavy atom. The standard InChI is InChI=1S/C17H27BrNO5P/c1-7-17(5,11-25(21,23-8-2)24-9-3)16(20)14-15(22-6)12(4)13(18)10-19-14/h7,10,16,20H,1,8-9,11H2,2-6H3. The van der Waals surface area contributed by atoms with E-state index in [2.05, 4.69) is 27.5 Å². The summed E-state index contributed by atoms with van der Waals surface area (Å²) >= 11 is 3.40. The Morgan fingerprint density at radius 2 is 2.00 bits per heavy atom. The maximum absolute atomic E-state index is 12.9. The van der Waals surface area contributed by atoms with Crippen LogP contribution in [0.3, 0.4) is 0 Å². The monoisotopic (exact) mass is 435 g/mol. The fraction of sp³-hybridized carbons (Fsp3) is 0.588. The van der Waals surface area contributed by atoms with Crippen LogP contribution in [0.5, 0.6) is 5.75 Å². The van der Waals surface area contributed by atoms with Gasteiger partial charge in [0.15, 0.2) is 0 Å². The Bertz CT molecular complexity index is 644. The number of hydrogen-bond acceptors (Lipinski definition) is 6. The second-order valence-electron chi connectivity index (χ2n) is 5.87. The van der Waals surface area contributed by atoms with E-state index in [1.165, 1.54) is 7.11 Å². The van der Waals surface area contributed by atoms with Crippen LogP contribution in [-0.2, 0) is 13.6 Å². The number of nitrogens with zero attached hydrogens (tertiary/aromatic N) is 1. The Morgan fingerprint density at radius 1 is 1.44 bits per heavy atom. The van der Waals surface area contributed by atoms with Crippen molar-refractivity contribution in [1.29, 1.82) is 0 Å². The first-order chi connectivity index (χ1) is 11.7. The lowest BCUT2D eigenvalue weighted by molar-refractivity contribution is 0.0710. The fourth-order valence-electron chi connectivity index (χ4n) is 2.55. The number of aliphatic hydroxyl groups excluding tert-OH is 1. The first-order valence-electron chi connectivity index (χ1n) is 8.06. The highest BCUT2D eigenvalue weighted by Gasteiger charge is 2.42. The van der Waals surface area contributed by atoms with Gasteiger partial charge in [-0.3, -0.25) is 9.55 Å². The zero-order chi connectivity index (χ0) is 19.3. The summed E-state index contributed by atoms with van der Waals surface area (Å²) in [7, 11) is -1.87. The first kappa shape index (κ1) is 22.3. The van der Waals surface area contributed by atoms with E-state index in [1.807, 2.05) is 6.92 Å². The highest BCUT2D eigenvalue weighted by Crippen LogP contribution is 2.56. The number of aliphatic hydroxyl groups is 1. The SMILES string of the molecule is C=CC(C)(CP(=O)(OCC)OCC)C(O)c1ncc(Br)c(C)c1OC. The van der Waals surface area contributed by atoms with Crippen molar-refractivity contribution >= 4 is 23.5 Å². The molecule has 142 valence electrons. The van der Waals surface area contributed by atoms with E-state index in [0.29, 0.717) is 11.4 Å². The van der Waals surface area contributed by atoms with Crippen molar-refractivity contribution in [3.05, 3.63) is 34.6 Å². The van der Waals surface area contributed by atoms with E-state index in [0.717, 1.165) is 10.0 Å². The van der Waals surface area contributed by atoms with Crippen LogP contribution in [-0.4, -0.2) is 36.6 Å². The van der Waals surface area contributed by atoms with Crippen molar-refractivity contribution < 1.29 is 23.5 Å². The first-order valence-corrected chi connectivity index (χ1v) is 10.6. The smallest absolute Gasteiger partial charge is 0.331 e. The normalized spacial score (nSPS) is 15.5. The summed E-state index contributed by atoms with van der Waals surface area (Å²) in [5.41, 5.74) is 0.182. The minimum atomic E-state index is -3.39. The van der Waals surface area contributed by atoms with Crippen LogP contribution in [0.2, 0.25) is 0 Å². The summed E-state index contributed by atoms with van der Waals surface area (Å²) in [4.78, 5) is 4.30. The topological polar surface area (TPSA) is 77.9 Å². The Hall–Kier alpha value is -0.720. The zero-order valence-corrected chi connectivity index (χ0v) is 17.9. The largest absolute Gasteiger partial charge is 0.494 e. The average molecular weight is 436 g/mol. The number of hydrogen-bond donors (Lipinski definition) is 1. The van der Waals surface area contributed by atoms with Gasteiger partial charge >= 0.3 is 7.60 Å². The molecule has 0 amide bonds. The summed E-state index contributed by atoms with van der Waals surface area (Å²) in [6, 6.07) is 0. The lowest BCUT2D eigenvalue weighted by Gasteiger charge is -2.34. The van der Waals surface area contributed by atoms with Gasteiger partial charge in [-0.15, -0.1) is 6.58 Å². The molecule has 0 saturated heterocycles. The van der Waals surface area contributed by atoms with Crippen molar-refractivity contribution in [3.8, 4) is 5.75 Å². The molecule has 8 heteroatoms. The molecule has 0 saturated carbocycles. The molecular formula is C17H27BrNO5P. The molecule has 1 aromatic heterocycles. The predicted molar refractivity (Wildman–Crippen MR) is 102 cm³/mol. The molecule has 0 aliphatic carbocycles. The quantitative estimate of drug-likeness (QED) is 0.425. The van der Waals surface area contributed by atoms with Crippen LogP contribution in [0, 0.1) is 12.3 Å². The maximum Gasteiger partial charge on any atom is 0.331 e. The fourth-order valence-corrected chi connectivity index (χ4v) is 5.01. The highest BCUT2D eigenvalue weighted by molar-refractivity contribution is 9.10. The molecular weight excluding hydrogens is 409 g/mol. The third kappa shape index (κ3) is 5.14. The molecule has 0 aromatic carbocycles. The number of halogens is 1. The van der Waals surface area contributed by atoms with E-state index >= 15 is 0 Å². The molecule has 1 rings (SSSR count). The molecule has 1 aromatic rings. The van der Waals surface area contributed by atoms with E-state index in [1.54, 1.807) is 33.0 Å². The van der Waals surface area contributed by atoms with E-state index < -0.39 is 19.1 Å².